The van der Waals surface area contributed by atoms with Gasteiger partial charge in [-0.15, -0.1) is 0 Å². The van der Waals surface area contributed by atoms with Gasteiger partial charge in [0.2, 0.25) is 10.0 Å². The zero-order chi connectivity index (χ0) is 11.8. The molecular formula is C9H9Cl2NO3S. The topological polar surface area (TPSA) is 58.7 Å². The predicted octanol–water partition coefficient (Wildman–Crippen LogP) is 1.67. The highest BCUT2D eigenvalue weighted by Crippen LogP contribution is 2.24. The van der Waals surface area contributed by atoms with E-state index < -0.39 is 10.0 Å². The van der Waals surface area contributed by atoms with Gasteiger partial charge in [-0.3, -0.25) is 0 Å². The van der Waals surface area contributed by atoms with E-state index in [0.29, 0.717) is 11.6 Å². The summed E-state index contributed by atoms with van der Waals surface area (Å²) in [6.45, 7) is 0.844. The largest absolute Gasteiger partial charge is 0.372 e. The van der Waals surface area contributed by atoms with Crippen LogP contribution < -0.4 is 4.72 Å². The maximum Gasteiger partial charge on any atom is 0.242 e. The van der Waals surface area contributed by atoms with Crippen molar-refractivity contribution in [1.82, 2.24) is 4.72 Å². The molecule has 4 nitrogen and oxygen atoms in total. The lowest BCUT2D eigenvalue weighted by atomic mass is 10.4. The van der Waals surface area contributed by atoms with Gasteiger partial charge in [0.05, 0.1) is 17.7 Å². The number of sulfonamides is 1. The molecule has 1 heterocycles. The van der Waals surface area contributed by atoms with Crippen molar-refractivity contribution in [1.29, 1.82) is 0 Å². The molecule has 2 rings (SSSR count). The molecule has 0 unspecified atom stereocenters. The van der Waals surface area contributed by atoms with Gasteiger partial charge < -0.3 is 4.74 Å². The number of epoxide rings is 1. The molecule has 7 heteroatoms. The molecule has 1 fully saturated rings. The maximum absolute atomic E-state index is 11.8. The van der Waals surface area contributed by atoms with Crippen molar-refractivity contribution in [3.05, 3.63) is 28.2 Å². The Kier molecular flexibility index (Phi) is 3.42. The number of hydrogen-bond acceptors (Lipinski definition) is 3. The maximum atomic E-state index is 11.8. The van der Waals surface area contributed by atoms with Gasteiger partial charge in [-0.05, 0) is 18.2 Å². The molecule has 88 valence electrons. The minimum Gasteiger partial charge on any atom is -0.372 e. The Hall–Kier alpha value is -0.330. The van der Waals surface area contributed by atoms with E-state index in [4.69, 9.17) is 27.9 Å². The van der Waals surface area contributed by atoms with Crippen molar-refractivity contribution in [2.75, 3.05) is 13.2 Å². The lowest BCUT2D eigenvalue weighted by molar-refractivity contribution is 0.406. The van der Waals surface area contributed by atoms with Crippen molar-refractivity contribution in [3.63, 3.8) is 0 Å². The SMILES string of the molecule is O=S(=O)(NC[C@H]1CO1)c1cc(Cl)ccc1Cl. The predicted molar refractivity (Wildman–Crippen MR) is 61.4 cm³/mol. The molecular weight excluding hydrogens is 273 g/mol. The van der Waals surface area contributed by atoms with Crippen LogP contribution in [0.2, 0.25) is 10.0 Å². The zero-order valence-corrected chi connectivity index (χ0v) is 10.4. The summed E-state index contributed by atoms with van der Waals surface area (Å²) in [6, 6.07) is 4.30. The van der Waals surface area contributed by atoms with Crippen LogP contribution in [-0.2, 0) is 14.8 Å². The quantitative estimate of drug-likeness (QED) is 0.855. The average Bonchev–Trinajstić information content (AvgIpc) is 3.02. The average molecular weight is 282 g/mol. The van der Waals surface area contributed by atoms with Crippen molar-refractivity contribution in [2.24, 2.45) is 0 Å². The second kappa shape index (κ2) is 4.50. The Morgan fingerprint density at radius 3 is 2.75 bits per heavy atom. The highest BCUT2D eigenvalue weighted by molar-refractivity contribution is 7.89. The second-order valence-corrected chi connectivity index (χ2v) is 5.96. The van der Waals surface area contributed by atoms with E-state index >= 15 is 0 Å². The first-order chi connectivity index (χ1) is 7.49. The number of ether oxygens (including phenoxy) is 1. The Morgan fingerprint density at radius 2 is 2.12 bits per heavy atom. The van der Waals surface area contributed by atoms with Crippen molar-refractivity contribution >= 4 is 33.2 Å². The summed E-state index contributed by atoms with van der Waals surface area (Å²) in [7, 11) is -3.61. The van der Waals surface area contributed by atoms with Crippen LogP contribution >= 0.6 is 23.2 Å². The first-order valence-electron chi connectivity index (χ1n) is 4.55. The zero-order valence-electron chi connectivity index (χ0n) is 8.11. The Bertz CT molecular complexity index is 499. The van der Waals surface area contributed by atoms with Crippen molar-refractivity contribution in [2.45, 2.75) is 11.0 Å². The first kappa shape index (κ1) is 12.1. The molecule has 0 aromatic heterocycles. The highest BCUT2D eigenvalue weighted by atomic mass is 35.5. The molecule has 0 saturated carbocycles. The molecule has 1 aliphatic heterocycles. The molecule has 1 aromatic rings. The molecule has 1 aromatic carbocycles. The van der Waals surface area contributed by atoms with Gasteiger partial charge >= 0.3 is 0 Å². The molecule has 0 bridgehead atoms. The summed E-state index contributed by atoms with van der Waals surface area (Å²) in [5.74, 6) is 0. The summed E-state index contributed by atoms with van der Waals surface area (Å²) in [5, 5.41) is 0.473. The second-order valence-electron chi connectivity index (χ2n) is 3.38. The van der Waals surface area contributed by atoms with Crippen LogP contribution in [0.25, 0.3) is 0 Å². The molecule has 1 saturated heterocycles. The number of rotatable bonds is 4. The molecule has 0 amide bonds. The van der Waals surface area contributed by atoms with Gasteiger partial charge in [0, 0.05) is 11.6 Å². The first-order valence-corrected chi connectivity index (χ1v) is 6.79. The normalized spacial score (nSPS) is 19.8. The smallest absolute Gasteiger partial charge is 0.242 e. The van der Waals surface area contributed by atoms with Gasteiger partial charge in [0.25, 0.3) is 0 Å². The monoisotopic (exact) mass is 281 g/mol. The van der Waals surface area contributed by atoms with E-state index in [1.165, 1.54) is 18.2 Å². The number of nitrogens with one attached hydrogen (secondary N) is 1. The number of hydrogen-bond donors (Lipinski definition) is 1. The summed E-state index contributed by atoms with van der Waals surface area (Å²) in [5.41, 5.74) is 0. The standard InChI is InChI=1S/C9H9Cl2NO3S/c10-6-1-2-8(11)9(3-6)16(13,14)12-4-7-5-15-7/h1-3,7,12H,4-5H2/t7-/m0/s1. The minimum absolute atomic E-state index is 0.0117. The van der Waals surface area contributed by atoms with Crippen LogP contribution in [0.15, 0.2) is 23.1 Å². The van der Waals surface area contributed by atoms with E-state index in [-0.39, 0.29) is 22.6 Å². The fourth-order valence-corrected chi connectivity index (χ4v) is 2.98. The van der Waals surface area contributed by atoms with Gasteiger partial charge in [0.15, 0.2) is 0 Å². The van der Waals surface area contributed by atoms with Crippen LogP contribution in [0.4, 0.5) is 0 Å². The third-order valence-electron chi connectivity index (χ3n) is 2.09. The van der Waals surface area contributed by atoms with Crippen LogP contribution in [0.5, 0.6) is 0 Å². The third-order valence-corrected chi connectivity index (χ3v) is 4.23. The van der Waals surface area contributed by atoms with Crippen LogP contribution in [-0.4, -0.2) is 27.7 Å². The van der Waals surface area contributed by atoms with E-state index in [1.807, 2.05) is 0 Å². The lowest BCUT2D eigenvalue weighted by Crippen LogP contribution is -2.27. The lowest BCUT2D eigenvalue weighted by Gasteiger charge is -2.07. The molecule has 0 spiro atoms. The Labute approximate surface area is 104 Å². The molecule has 1 aliphatic rings. The van der Waals surface area contributed by atoms with Gasteiger partial charge in [-0.2, -0.15) is 0 Å². The number of benzene rings is 1. The van der Waals surface area contributed by atoms with Gasteiger partial charge in [-0.25, -0.2) is 13.1 Å². The number of halogens is 2. The van der Waals surface area contributed by atoms with Crippen LogP contribution in [0.3, 0.4) is 0 Å². The van der Waals surface area contributed by atoms with Crippen LogP contribution in [0.1, 0.15) is 0 Å². The van der Waals surface area contributed by atoms with E-state index in [1.54, 1.807) is 0 Å². The van der Waals surface area contributed by atoms with Crippen LogP contribution in [0, 0.1) is 0 Å². The van der Waals surface area contributed by atoms with Gasteiger partial charge in [-0.1, -0.05) is 23.2 Å². The summed E-state index contributed by atoms with van der Waals surface area (Å²) in [6.07, 6.45) is -0.0206. The van der Waals surface area contributed by atoms with Gasteiger partial charge in [0.1, 0.15) is 4.90 Å². The van der Waals surface area contributed by atoms with E-state index in [9.17, 15) is 8.42 Å². The highest BCUT2D eigenvalue weighted by Gasteiger charge is 2.26. The fraction of sp³-hybridized carbons (Fsp3) is 0.333. The molecule has 1 N–H and O–H groups in total. The Morgan fingerprint density at radius 1 is 1.44 bits per heavy atom. The Balaban J connectivity index is 2.22. The van der Waals surface area contributed by atoms with Crippen molar-refractivity contribution < 1.29 is 13.2 Å². The molecule has 0 radical (unpaired) electrons. The molecule has 16 heavy (non-hydrogen) atoms. The molecule has 0 aliphatic carbocycles. The van der Waals surface area contributed by atoms with Crippen molar-refractivity contribution in [3.8, 4) is 0 Å². The summed E-state index contributed by atoms with van der Waals surface area (Å²) < 4.78 is 31.0. The summed E-state index contributed by atoms with van der Waals surface area (Å²) >= 11 is 11.5. The third kappa shape index (κ3) is 2.87. The fourth-order valence-electron chi connectivity index (χ4n) is 1.15. The minimum atomic E-state index is -3.61. The van der Waals surface area contributed by atoms with E-state index in [0.717, 1.165) is 0 Å². The van der Waals surface area contributed by atoms with E-state index in [2.05, 4.69) is 4.72 Å². The molecule has 1 atom stereocenters. The summed E-state index contributed by atoms with van der Waals surface area (Å²) in [4.78, 5) is -0.0117.